The summed E-state index contributed by atoms with van der Waals surface area (Å²) in [5.74, 6) is -2.86. The third-order valence-electron chi connectivity index (χ3n) is 3.21. The number of esters is 2. The largest absolute Gasteiger partial charge is 1.00 e. The summed E-state index contributed by atoms with van der Waals surface area (Å²) in [5, 5.41) is 27.2. The number of carbonyl (C=O) groups excluding carboxylic acids is 3. The van der Waals surface area contributed by atoms with Gasteiger partial charge in [-0.05, 0) is 13.1 Å². The first-order chi connectivity index (χ1) is 13.0. The summed E-state index contributed by atoms with van der Waals surface area (Å²) in [6.45, 7) is 1.18. The van der Waals surface area contributed by atoms with Crippen molar-refractivity contribution in [1.82, 2.24) is 0 Å². The Kier molecular flexibility index (Phi) is 16.2. The Balaban J connectivity index is 0. The van der Waals surface area contributed by atoms with Gasteiger partial charge in [-0.15, -0.1) is 0 Å². The van der Waals surface area contributed by atoms with Crippen LogP contribution in [0.1, 0.15) is 19.8 Å². The van der Waals surface area contributed by atoms with Gasteiger partial charge in [0.1, 0.15) is 5.75 Å². The average molecular weight is 500 g/mol. The molecule has 0 amide bonds. The van der Waals surface area contributed by atoms with Crippen LogP contribution in [0.3, 0.4) is 0 Å². The van der Waals surface area contributed by atoms with Crippen LogP contribution in [0, 0.1) is 15.9 Å². The van der Waals surface area contributed by atoms with Crippen molar-refractivity contribution in [2.45, 2.75) is 25.4 Å². The van der Waals surface area contributed by atoms with Gasteiger partial charge in [0, 0.05) is 18.9 Å². The van der Waals surface area contributed by atoms with E-state index in [-0.39, 0.29) is 133 Å². The molecule has 0 aliphatic heterocycles. The van der Waals surface area contributed by atoms with Gasteiger partial charge in [0.25, 0.3) is 0 Å². The van der Waals surface area contributed by atoms with Crippen molar-refractivity contribution in [3.63, 3.8) is 0 Å². The van der Waals surface area contributed by atoms with Crippen LogP contribution >= 0.6 is 11.6 Å². The Morgan fingerprint density at radius 1 is 1.20 bits per heavy atom. The number of nitro benzene ring substituents is 1. The van der Waals surface area contributed by atoms with Crippen molar-refractivity contribution in [2.75, 3.05) is 13.2 Å². The summed E-state index contributed by atoms with van der Waals surface area (Å²) in [5.41, 5.74) is -2.22. The van der Waals surface area contributed by atoms with Gasteiger partial charge in [-0.1, -0.05) is 11.6 Å². The van der Waals surface area contributed by atoms with E-state index in [2.05, 4.69) is 4.74 Å². The molecule has 0 bridgehead atoms. The quantitative estimate of drug-likeness (QED) is 0.152. The molecule has 0 unspecified atom stereocenters. The van der Waals surface area contributed by atoms with E-state index in [1.54, 1.807) is 6.92 Å². The zero-order valence-electron chi connectivity index (χ0n) is 16.3. The monoisotopic (exact) mass is 499 g/mol. The standard InChI is InChI=1S/C14H13ClFNO7.CH2O3.2K/c1-2-22-12(18)7-23-13(19)14(3-4-14)24-11-6-10(17(20)21)9(16)5-8(11)15;2-1(3)4;;/h5-6H,2-4,7H2,1H3;(H2,2,3,4);;/q;;2*+1/p-2. The maximum atomic E-state index is 13.4. The molecule has 1 aliphatic carbocycles. The number of carbonyl (C=O) groups is 3. The van der Waals surface area contributed by atoms with Crippen LogP contribution in [0.25, 0.3) is 0 Å². The van der Waals surface area contributed by atoms with Crippen LogP contribution in [0.5, 0.6) is 5.75 Å². The number of nitro groups is 1. The first-order valence-corrected chi connectivity index (χ1v) is 7.93. The maximum Gasteiger partial charge on any atom is 1.00 e. The number of hydrogen-bond donors (Lipinski definition) is 0. The van der Waals surface area contributed by atoms with Gasteiger partial charge in [0.2, 0.25) is 11.4 Å². The van der Waals surface area contributed by atoms with Crippen LogP contribution in [0.2, 0.25) is 5.02 Å². The molecule has 1 aromatic rings. The van der Waals surface area contributed by atoms with Gasteiger partial charge in [0.05, 0.1) is 22.6 Å². The molecule has 154 valence electrons. The van der Waals surface area contributed by atoms with Gasteiger partial charge in [-0.3, -0.25) is 10.1 Å². The number of rotatable bonds is 7. The summed E-state index contributed by atoms with van der Waals surface area (Å²) < 4.78 is 28.3. The summed E-state index contributed by atoms with van der Waals surface area (Å²) >= 11 is 5.80. The van der Waals surface area contributed by atoms with Gasteiger partial charge in [-0.2, -0.15) is 4.39 Å². The Morgan fingerprint density at radius 3 is 2.17 bits per heavy atom. The molecule has 0 N–H and O–H groups in total. The maximum absolute atomic E-state index is 13.4. The van der Waals surface area contributed by atoms with Gasteiger partial charge < -0.3 is 29.2 Å². The minimum absolute atomic E-state index is 0. The molecule has 1 aliphatic rings. The summed E-state index contributed by atoms with van der Waals surface area (Å²) in [6.07, 6.45) is -1.79. The fourth-order valence-electron chi connectivity index (χ4n) is 1.87. The van der Waals surface area contributed by atoms with Crippen molar-refractivity contribution >= 4 is 35.4 Å². The molecular formula is C15H13ClFK2NO10. The number of carboxylic acid groups (broad SMARTS) is 2. The molecule has 0 radical (unpaired) electrons. The van der Waals surface area contributed by atoms with E-state index < -0.39 is 46.7 Å². The molecule has 30 heavy (non-hydrogen) atoms. The van der Waals surface area contributed by atoms with E-state index in [4.69, 9.17) is 36.1 Å². The topological polar surface area (TPSA) is 168 Å². The fourth-order valence-corrected chi connectivity index (χ4v) is 2.06. The van der Waals surface area contributed by atoms with Crippen LogP contribution in [0.15, 0.2) is 12.1 Å². The third-order valence-corrected chi connectivity index (χ3v) is 3.50. The minimum atomic E-state index is -2.33. The molecule has 1 aromatic carbocycles. The third kappa shape index (κ3) is 10.6. The van der Waals surface area contributed by atoms with Crippen molar-refractivity contribution in [3.05, 3.63) is 33.1 Å². The van der Waals surface area contributed by atoms with Gasteiger partial charge in [-0.25, -0.2) is 9.59 Å². The molecule has 0 heterocycles. The summed E-state index contributed by atoms with van der Waals surface area (Å²) in [7, 11) is 0. The number of nitrogens with zero attached hydrogens (tertiary/aromatic N) is 1. The average Bonchev–Trinajstić information content (AvgIpc) is 3.35. The van der Waals surface area contributed by atoms with Crippen molar-refractivity contribution < 1.29 is 151 Å². The van der Waals surface area contributed by atoms with Crippen molar-refractivity contribution in [2.24, 2.45) is 0 Å². The molecule has 0 atom stereocenters. The number of halogens is 2. The van der Waals surface area contributed by atoms with E-state index in [0.29, 0.717) is 0 Å². The van der Waals surface area contributed by atoms with Crippen LogP contribution < -0.4 is 118 Å². The normalized spacial score (nSPS) is 12.5. The molecule has 1 fully saturated rings. The predicted molar refractivity (Wildman–Crippen MR) is 83.6 cm³/mol. The second-order valence-electron chi connectivity index (χ2n) is 5.22. The molecular weight excluding hydrogens is 487 g/mol. The minimum Gasteiger partial charge on any atom is -0.652 e. The molecule has 2 rings (SSSR count). The second kappa shape index (κ2) is 15.0. The SMILES string of the molecule is CCOC(=O)COC(=O)C1(Oc2cc([N+](=O)[O-])c(F)cc2Cl)CC1.O=C([O-])[O-].[K+].[K+]. The Labute approximate surface area is 259 Å². The van der Waals surface area contributed by atoms with Crippen molar-refractivity contribution in [1.29, 1.82) is 0 Å². The zero-order chi connectivity index (χ0) is 21.5. The first kappa shape index (κ1) is 32.3. The van der Waals surface area contributed by atoms with E-state index in [1.807, 2.05) is 0 Å². The number of ether oxygens (including phenoxy) is 3. The summed E-state index contributed by atoms with van der Waals surface area (Å²) in [6, 6.07) is 1.53. The Hall–Kier alpha value is 0.123. The van der Waals surface area contributed by atoms with Crippen molar-refractivity contribution in [3.8, 4) is 5.75 Å². The van der Waals surface area contributed by atoms with E-state index in [0.717, 1.165) is 12.1 Å². The van der Waals surface area contributed by atoms with Crippen LogP contribution in [0.4, 0.5) is 14.9 Å². The zero-order valence-corrected chi connectivity index (χ0v) is 23.3. The molecule has 0 aromatic heterocycles. The summed E-state index contributed by atoms with van der Waals surface area (Å²) in [4.78, 5) is 41.4. The number of benzene rings is 1. The van der Waals surface area contributed by atoms with E-state index in [1.165, 1.54) is 0 Å². The fraction of sp³-hybridized carbons (Fsp3) is 0.400. The predicted octanol–water partition coefficient (Wildman–Crippen LogP) is -6.03. The molecule has 1 saturated carbocycles. The smallest absolute Gasteiger partial charge is 0.652 e. The number of hydrogen-bond acceptors (Lipinski definition) is 10. The van der Waals surface area contributed by atoms with Gasteiger partial charge >= 0.3 is 120 Å². The van der Waals surface area contributed by atoms with Gasteiger partial charge in [0.15, 0.2) is 6.61 Å². The molecule has 0 saturated heterocycles. The second-order valence-corrected chi connectivity index (χ2v) is 5.63. The van der Waals surface area contributed by atoms with Crippen LogP contribution in [-0.2, 0) is 19.1 Å². The molecule has 15 heteroatoms. The van der Waals surface area contributed by atoms with Crippen LogP contribution in [-0.4, -0.2) is 41.8 Å². The molecule has 11 nitrogen and oxygen atoms in total. The Bertz CT molecular complexity index is 787. The Morgan fingerprint density at radius 2 is 1.73 bits per heavy atom. The van der Waals surface area contributed by atoms with E-state index >= 15 is 0 Å². The first-order valence-electron chi connectivity index (χ1n) is 7.55. The molecule has 0 spiro atoms. The van der Waals surface area contributed by atoms with E-state index in [9.17, 15) is 24.1 Å².